The molecular formula is C32H32O15. The summed E-state index contributed by atoms with van der Waals surface area (Å²) in [7, 11) is 1.50. The van der Waals surface area contributed by atoms with E-state index in [-0.39, 0.29) is 28.0 Å². The predicted octanol–water partition coefficient (Wildman–Crippen LogP) is 2.86. The number of fused-ring (bicyclic) bond motifs is 1. The normalized spacial score (nSPS) is 20.4. The predicted molar refractivity (Wildman–Crippen MR) is 158 cm³/mol. The monoisotopic (exact) mass is 656 g/mol. The third-order valence-corrected chi connectivity index (χ3v) is 6.70. The van der Waals surface area contributed by atoms with Crippen LogP contribution in [0.3, 0.4) is 0 Å². The van der Waals surface area contributed by atoms with E-state index in [9.17, 15) is 28.8 Å². The Morgan fingerprint density at radius 2 is 1.36 bits per heavy atom. The van der Waals surface area contributed by atoms with Crippen LogP contribution in [0.1, 0.15) is 34.6 Å². The molecule has 0 bridgehead atoms. The third kappa shape index (κ3) is 8.24. The highest BCUT2D eigenvalue weighted by atomic mass is 16.7. The van der Waals surface area contributed by atoms with Crippen molar-refractivity contribution in [1.29, 1.82) is 0 Å². The van der Waals surface area contributed by atoms with Gasteiger partial charge in [0.05, 0.1) is 12.7 Å². The van der Waals surface area contributed by atoms with Gasteiger partial charge in [0, 0.05) is 34.6 Å². The van der Waals surface area contributed by atoms with Crippen LogP contribution in [-0.4, -0.2) is 74.3 Å². The largest absolute Gasteiger partial charge is 0.497 e. The molecule has 0 spiro atoms. The van der Waals surface area contributed by atoms with Gasteiger partial charge in [-0.1, -0.05) is 12.1 Å². The second-order valence-electron chi connectivity index (χ2n) is 10.3. The Morgan fingerprint density at radius 3 is 1.94 bits per heavy atom. The molecule has 0 saturated carbocycles. The lowest BCUT2D eigenvalue weighted by molar-refractivity contribution is -0.288. The average Bonchev–Trinajstić information content (AvgIpc) is 2.99. The molecular weight excluding hydrogens is 624 g/mol. The smallest absolute Gasteiger partial charge is 0.308 e. The number of rotatable bonds is 10. The van der Waals surface area contributed by atoms with Crippen molar-refractivity contribution in [3.8, 4) is 28.4 Å². The number of carbonyl (C=O) groups is 5. The number of ether oxygens (including phenoxy) is 8. The molecule has 15 nitrogen and oxygen atoms in total. The van der Waals surface area contributed by atoms with Crippen LogP contribution in [0.25, 0.3) is 22.1 Å². The minimum absolute atomic E-state index is 0.0393. The molecule has 1 aliphatic heterocycles. The van der Waals surface area contributed by atoms with Crippen molar-refractivity contribution in [2.75, 3.05) is 13.7 Å². The maximum atomic E-state index is 13.9. The van der Waals surface area contributed by atoms with E-state index < -0.39 is 72.6 Å². The molecule has 2 aromatic carbocycles. The molecule has 2 heterocycles. The van der Waals surface area contributed by atoms with Crippen molar-refractivity contribution in [2.45, 2.75) is 65.3 Å². The zero-order valence-corrected chi connectivity index (χ0v) is 26.3. The van der Waals surface area contributed by atoms with Gasteiger partial charge in [0.15, 0.2) is 23.7 Å². The van der Waals surface area contributed by atoms with Gasteiger partial charge in [-0.15, -0.1) is 0 Å². The van der Waals surface area contributed by atoms with E-state index in [1.807, 2.05) is 0 Å². The van der Waals surface area contributed by atoms with E-state index in [0.717, 1.165) is 34.6 Å². The Morgan fingerprint density at radius 1 is 0.745 bits per heavy atom. The van der Waals surface area contributed by atoms with Gasteiger partial charge in [-0.25, -0.2) is 0 Å². The second kappa shape index (κ2) is 14.8. The van der Waals surface area contributed by atoms with Crippen molar-refractivity contribution in [3.63, 3.8) is 0 Å². The molecule has 5 atom stereocenters. The molecule has 4 rings (SSSR count). The van der Waals surface area contributed by atoms with Crippen LogP contribution in [-0.2, 0) is 47.7 Å². The Bertz CT molecular complexity index is 1720. The number of carbonyl (C=O) groups excluding carboxylic acids is 5. The molecule has 47 heavy (non-hydrogen) atoms. The molecule has 0 unspecified atom stereocenters. The lowest BCUT2D eigenvalue weighted by Gasteiger charge is -2.44. The first-order valence-corrected chi connectivity index (χ1v) is 14.2. The summed E-state index contributed by atoms with van der Waals surface area (Å²) in [5, 5.41) is -0.170. The van der Waals surface area contributed by atoms with Crippen molar-refractivity contribution in [1.82, 2.24) is 0 Å². The number of hydrogen-bond donors (Lipinski definition) is 0. The third-order valence-electron chi connectivity index (χ3n) is 6.70. The molecule has 250 valence electrons. The average molecular weight is 657 g/mol. The Balaban J connectivity index is 1.86. The summed E-state index contributed by atoms with van der Waals surface area (Å²) < 4.78 is 49.8. The topological polar surface area (TPSA) is 189 Å². The number of methoxy groups -OCH3 is 1. The summed E-state index contributed by atoms with van der Waals surface area (Å²) >= 11 is 0. The Kier molecular flexibility index (Phi) is 10.8. The first-order chi connectivity index (χ1) is 22.3. The van der Waals surface area contributed by atoms with E-state index in [1.165, 1.54) is 25.5 Å². The number of esters is 5. The van der Waals surface area contributed by atoms with Gasteiger partial charge in [0.1, 0.15) is 35.7 Å². The van der Waals surface area contributed by atoms with Crippen LogP contribution in [0.5, 0.6) is 17.2 Å². The maximum absolute atomic E-state index is 13.9. The van der Waals surface area contributed by atoms with Gasteiger partial charge in [0.25, 0.3) is 0 Å². The van der Waals surface area contributed by atoms with E-state index >= 15 is 0 Å². The first-order valence-electron chi connectivity index (χ1n) is 14.2. The van der Waals surface area contributed by atoms with Crippen LogP contribution in [0.15, 0.2) is 51.9 Å². The van der Waals surface area contributed by atoms with Crippen molar-refractivity contribution < 1.29 is 66.3 Å². The molecule has 1 saturated heterocycles. The van der Waals surface area contributed by atoms with Crippen LogP contribution in [0.2, 0.25) is 0 Å². The summed E-state index contributed by atoms with van der Waals surface area (Å²) in [6, 6.07) is 9.26. The lowest BCUT2D eigenvalue weighted by atomic mass is 9.98. The SMILES string of the molecule is COc1ccc(-c2coc3ccc(O[C@@H]4O[C@@H](COC(C)=O)[C@@H](OC(C)=O)[C@@H](OC(C)=O)[C@H]4OC(C)=O)c(OC(C)=O)c3c2=O)cc1. The van der Waals surface area contributed by atoms with E-state index in [2.05, 4.69) is 0 Å². The fraction of sp³-hybridized carbons (Fsp3) is 0.375. The zero-order valence-electron chi connectivity index (χ0n) is 26.3. The summed E-state index contributed by atoms with van der Waals surface area (Å²) in [5.74, 6) is -4.07. The molecule has 1 aromatic heterocycles. The maximum Gasteiger partial charge on any atom is 0.308 e. The zero-order chi connectivity index (χ0) is 34.4. The highest BCUT2D eigenvalue weighted by Crippen LogP contribution is 2.39. The van der Waals surface area contributed by atoms with Gasteiger partial charge in [-0.05, 0) is 29.8 Å². The Labute approximate surface area is 267 Å². The summed E-state index contributed by atoms with van der Waals surface area (Å²) in [5.41, 5.74) is 0.0520. The van der Waals surface area contributed by atoms with Crippen LogP contribution >= 0.6 is 0 Å². The highest BCUT2D eigenvalue weighted by Gasteiger charge is 2.53. The van der Waals surface area contributed by atoms with Gasteiger partial charge in [-0.3, -0.25) is 28.8 Å². The van der Waals surface area contributed by atoms with Gasteiger partial charge < -0.3 is 42.3 Å². The molecule has 3 aromatic rings. The summed E-state index contributed by atoms with van der Waals surface area (Å²) in [4.78, 5) is 74.3. The van der Waals surface area contributed by atoms with Crippen molar-refractivity contribution in [3.05, 3.63) is 52.9 Å². The van der Waals surface area contributed by atoms with Crippen LogP contribution < -0.4 is 19.6 Å². The van der Waals surface area contributed by atoms with E-state index in [4.69, 9.17) is 42.3 Å². The van der Waals surface area contributed by atoms with Crippen LogP contribution in [0.4, 0.5) is 0 Å². The number of benzene rings is 2. The highest BCUT2D eigenvalue weighted by molar-refractivity contribution is 5.91. The standard InChI is InChI=1S/C32H32O15/c1-15(33)40-14-25-29(43-17(3)35)30(44-18(4)36)31(45-19(5)37)32(47-25)46-24-12-11-23-26(28(24)42-16(2)34)27(38)22(13-41-23)20-7-9-21(39-6)10-8-20/h7-13,25,29-32H,14H2,1-6H3/t25-,29+,30+,31+,32+/m0/s1. The molecule has 15 heteroatoms. The first kappa shape index (κ1) is 34.4. The quantitative estimate of drug-likeness (QED) is 0.176. The fourth-order valence-electron chi connectivity index (χ4n) is 4.89. The second-order valence-corrected chi connectivity index (χ2v) is 10.3. The van der Waals surface area contributed by atoms with Crippen molar-refractivity contribution >= 4 is 40.8 Å². The fourth-order valence-corrected chi connectivity index (χ4v) is 4.89. The minimum Gasteiger partial charge on any atom is -0.497 e. The molecule has 0 aliphatic carbocycles. The molecule has 1 fully saturated rings. The summed E-state index contributed by atoms with van der Waals surface area (Å²) in [6.07, 6.45) is -6.26. The summed E-state index contributed by atoms with van der Waals surface area (Å²) in [6.45, 7) is 4.97. The molecule has 0 amide bonds. The number of hydrogen-bond acceptors (Lipinski definition) is 15. The van der Waals surface area contributed by atoms with E-state index in [1.54, 1.807) is 24.3 Å². The molecule has 0 N–H and O–H groups in total. The van der Waals surface area contributed by atoms with Gasteiger partial charge in [-0.2, -0.15) is 0 Å². The van der Waals surface area contributed by atoms with Gasteiger partial charge >= 0.3 is 29.8 Å². The van der Waals surface area contributed by atoms with Crippen molar-refractivity contribution in [2.24, 2.45) is 0 Å². The van der Waals surface area contributed by atoms with E-state index in [0.29, 0.717) is 11.3 Å². The minimum atomic E-state index is -1.67. The lowest BCUT2D eigenvalue weighted by Crippen LogP contribution is -2.63. The van der Waals surface area contributed by atoms with Gasteiger partial charge in [0.2, 0.25) is 17.8 Å². The molecule has 1 aliphatic rings. The Hall–Kier alpha value is -5.44. The van der Waals surface area contributed by atoms with Crippen LogP contribution in [0, 0.1) is 0 Å². The molecule has 0 radical (unpaired) electrons.